The molecule has 0 heterocycles. The fraction of sp³-hybridized carbons (Fsp3) is 1.00. The standard InChI is InChI=1S/C16H33NO/c1-3-12-17-15(2)9-7-8-13-18-14-16-10-5-4-6-11-16/h15-17H,3-14H2,1-2H3. The van der Waals surface area contributed by atoms with Gasteiger partial charge in [-0.3, -0.25) is 0 Å². The second-order valence-electron chi connectivity index (χ2n) is 5.93. The molecule has 108 valence electrons. The van der Waals surface area contributed by atoms with Gasteiger partial charge in [-0.05, 0) is 57.9 Å². The molecule has 2 heteroatoms. The highest BCUT2D eigenvalue weighted by Gasteiger charge is 2.12. The Bertz CT molecular complexity index is 178. The Morgan fingerprint density at radius 1 is 1.17 bits per heavy atom. The van der Waals surface area contributed by atoms with Crippen LogP contribution in [-0.2, 0) is 4.74 Å². The summed E-state index contributed by atoms with van der Waals surface area (Å²) in [5, 5.41) is 3.53. The zero-order chi connectivity index (χ0) is 13.1. The van der Waals surface area contributed by atoms with Gasteiger partial charge in [-0.2, -0.15) is 0 Å². The van der Waals surface area contributed by atoms with Crippen LogP contribution in [0.4, 0.5) is 0 Å². The van der Waals surface area contributed by atoms with Gasteiger partial charge in [-0.15, -0.1) is 0 Å². The lowest BCUT2D eigenvalue weighted by Gasteiger charge is -2.21. The van der Waals surface area contributed by atoms with Gasteiger partial charge in [-0.25, -0.2) is 0 Å². The quantitative estimate of drug-likeness (QED) is 0.592. The normalized spacial score (nSPS) is 19.0. The molecule has 1 unspecified atom stereocenters. The minimum atomic E-state index is 0.670. The smallest absolute Gasteiger partial charge is 0.0494 e. The number of hydrogen-bond acceptors (Lipinski definition) is 2. The maximum absolute atomic E-state index is 5.82. The molecule has 1 rings (SSSR count). The summed E-state index contributed by atoms with van der Waals surface area (Å²) in [5.41, 5.74) is 0. The SMILES string of the molecule is CCCNC(C)CCCCOCC1CCCCC1. The van der Waals surface area contributed by atoms with Crippen molar-refractivity contribution in [3.8, 4) is 0 Å². The maximum atomic E-state index is 5.82. The van der Waals surface area contributed by atoms with Crippen molar-refractivity contribution in [3.63, 3.8) is 0 Å². The highest BCUT2D eigenvalue weighted by atomic mass is 16.5. The summed E-state index contributed by atoms with van der Waals surface area (Å²) in [6.45, 7) is 7.65. The average Bonchev–Trinajstić information content (AvgIpc) is 2.41. The third kappa shape index (κ3) is 8.10. The Labute approximate surface area is 114 Å². The summed E-state index contributed by atoms with van der Waals surface area (Å²) < 4.78 is 5.82. The summed E-state index contributed by atoms with van der Waals surface area (Å²) in [7, 11) is 0. The van der Waals surface area contributed by atoms with E-state index < -0.39 is 0 Å². The Morgan fingerprint density at radius 3 is 2.67 bits per heavy atom. The fourth-order valence-electron chi connectivity index (χ4n) is 2.75. The van der Waals surface area contributed by atoms with Crippen LogP contribution in [0.2, 0.25) is 0 Å². The molecule has 2 nitrogen and oxygen atoms in total. The summed E-state index contributed by atoms with van der Waals surface area (Å²) in [5.74, 6) is 0.865. The van der Waals surface area contributed by atoms with E-state index in [1.54, 1.807) is 0 Å². The topological polar surface area (TPSA) is 21.3 Å². The van der Waals surface area contributed by atoms with Crippen LogP contribution in [-0.4, -0.2) is 25.8 Å². The molecule has 0 radical (unpaired) electrons. The van der Waals surface area contributed by atoms with Gasteiger partial charge in [0.2, 0.25) is 0 Å². The van der Waals surface area contributed by atoms with Crippen LogP contribution in [0.25, 0.3) is 0 Å². The van der Waals surface area contributed by atoms with Crippen LogP contribution < -0.4 is 5.32 Å². The van der Waals surface area contributed by atoms with E-state index in [-0.39, 0.29) is 0 Å². The molecular weight excluding hydrogens is 222 g/mol. The predicted molar refractivity (Wildman–Crippen MR) is 79.0 cm³/mol. The number of rotatable bonds is 10. The molecule has 18 heavy (non-hydrogen) atoms. The lowest BCUT2D eigenvalue weighted by molar-refractivity contribution is 0.0822. The zero-order valence-corrected chi connectivity index (χ0v) is 12.5. The van der Waals surface area contributed by atoms with Gasteiger partial charge in [0.15, 0.2) is 0 Å². The van der Waals surface area contributed by atoms with Gasteiger partial charge in [0.25, 0.3) is 0 Å². The van der Waals surface area contributed by atoms with E-state index in [1.807, 2.05) is 0 Å². The molecule has 1 N–H and O–H groups in total. The van der Waals surface area contributed by atoms with Crippen LogP contribution in [0.3, 0.4) is 0 Å². The second kappa shape index (κ2) is 10.8. The van der Waals surface area contributed by atoms with Crippen molar-refractivity contribution in [2.24, 2.45) is 5.92 Å². The van der Waals surface area contributed by atoms with Crippen molar-refractivity contribution >= 4 is 0 Å². The fourth-order valence-corrected chi connectivity index (χ4v) is 2.75. The first-order valence-corrected chi connectivity index (χ1v) is 8.14. The van der Waals surface area contributed by atoms with Gasteiger partial charge in [0, 0.05) is 19.3 Å². The Kier molecular flexibility index (Phi) is 9.59. The highest BCUT2D eigenvalue weighted by Crippen LogP contribution is 2.23. The summed E-state index contributed by atoms with van der Waals surface area (Å²) >= 11 is 0. The molecular formula is C16H33NO. The van der Waals surface area contributed by atoms with Crippen molar-refractivity contribution < 1.29 is 4.74 Å². The summed E-state index contributed by atoms with van der Waals surface area (Å²) in [6.07, 6.45) is 12.1. The van der Waals surface area contributed by atoms with E-state index in [1.165, 1.54) is 57.8 Å². The molecule has 0 bridgehead atoms. The predicted octanol–water partition coefficient (Wildman–Crippen LogP) is 4.14. The lowest BCUT2D eigenvalue weighted by Crippen LogP contribution is -2.26. The highest BCUT2D eigenvalue weighted by molar-refractivity contribution is 4.65. The minimum Gasteiger partial charge on any atom is -0.381 e. The summed E-state index contributed by atoms with van der Waals surface area (Å²) in [6, 6.07) is 0.670. The second-order valence-corrected chi connectivity index (χ2v) is 5.93. The monoisotopic (exact) mass is 255 g/mol. The zero-order valence-electron chi connectivity index (χ0n) is 12.5. The molecule has 0 saturated heterocycles. The van der Waals surface area contributed by atoms with Crippen molar-refractivity contribution in [3.05, 3.63) is 0 Å². The van der Waals surface area contributed by atoms with Gasteiger partial charge >= 0.3 is 0 Å². The molecule has 0 amide bonds. The Balaban J connectivity index is 1.83. The van der Waals surface area contributed by atoms with E-state index in [0.29, 0.717) is 6.04 Å². The van der Waals surface area contributed by atoms with Crippen LogP contribution in [0.1, 0.15) is 71.6 Å². The third-order valence-electron chi connectivity index (χ3n) is 4.00. The molecule has 0 aliphatic heterocycles. The van der Waals surface area contributed by atoms with E-state index in [9.17, 15) is 0 Å². The first-order chi connectivity index (χ1) is 8.83. The van der Waals surface area contributed by atoms with E-state index in [2.05, 4.69) is 19.2 Å². The van der Waals surface area contributed by atoms with Crippen molar-refractivity contribution in [1.29, 1.82) is 0 Å². The largest absolute Gasteiger partial charge is 0.381 e. The molecule has 1 atom stereocenters. The first-order valence-electron chi connectivity index (χ1n) is 8.14. The molecule has 0 spiro atoms. The van der Waals surface area contributed by atoms with Gasteiger partial charge in [0.05, 0.1) is 0 Å². The molecule has 1 fully saturated rings. The molecule has 0 aromatic carbocycles. The van der Waals surface area contributed by atoms with Gasteiger partial charge in [-0.1, -0.05) is 26.2 Å². The van der Waals surface area contributed by atoms with Crippen LogP contribution in [0, 0.1) is 5.92 Å². The summed E-state index contributed by atoms with van der Waals surface area (Å²) in [4.78, 5) is 0. The van der Waals surface area contributed by atoms with Crippen molar-refractivity contribution in [1.82, 2.24) is 5.32 Å². The maximum Gasteiger partial charge on any atom is 0.0494 e. The van der Waals surface area contributed by atoms with Gasteiger partial charge < -0.3 is 10.1 Å². The third-order valence-corrected chi connectivity index (χ3v) is 4.00. The molecule has 1 aliphatic carbocycles. The minimum absolute atomic E-state index is 0.670. The van der Waals surface area contributed by atoms with Crippen LogP contribution in [0.15, 0.2) is 0 Å². The lowest BCUT2D eigenvalue weighted by atomic mass is 9.90. The molecule has 0 aromatic rings. The van der Waals surface area contributed by atoms with E-state index in [0.717, 1.165) is 25.7 Å². The molecule has 1 saturated carbocycles. The van der Waals surface area contributed by atoms with Crippen molar-refractivity contribution in [2.75, 3.05) is 19.8 Å². The number of nitrogens with one attached hydrogen (secondary N) is 1. The molecule has 1 aliphatic rings. The Hall–Kier alpha value is -0.0800. The van der Waals surface area contributed by atoms with Crippen LogP contribution in [0.5, 0.6) is 0 Å². The average molecular weight is 255 g/mol. The van der Waals surface area contributed by atoms with E-state index in [4.69, 9.17) is 4.74 Å². The van der Waals surface area contributed by atoms with E-state index >= 15 is 0 Å². The number of hydrogen-bond donors (Lipinski definition) is 1. The Morgan fingerprint density at radius 2 is 1.94 bits per heavy atom. The number of ether oxygens (including phenoxy) is 1. The molecule has 0 aromatic heterocycles. The first kappa shape index (κ1) is 16.0. The number of unbranched alkanes of at least 4 members (excludes halogenated alkanes) is 1. The van der Waals surface area contributed by atoms with Crippen LogP contribution >= 0.6 is 0 Å². The van der Waals surface area contributed by atoms with Gasteiger partial charge in [0.1, 0.15) is 0 Å². The van der Waals surface area contributed by atoms with Crippen molar-refractivity contribution in [2.45, 2.75) is 77.7 Å².